The van der Waals surface area contributed by atoms with Gasteiger partial charge in [-0.3, -0.25) is 9.69 Å². The highest BCUT2D eigenvalue weighted by Crippen LogP contribution is 2.25. The molecule has 4 rings (SSSR count). The molecule has 1 amide bonds. The third-order valence-electron chi connectivity index (χ3n) is 6.20. The summed E-state index contributed by atoms with van der Waals surface area (Å²) in [5.74, 6) is 1.54. The van der Waals surface area contributed by atoms with Crippen molar-refractivity contribution in [3.05, 3.63) is 65.9 Å². The summed E-state index contributed by atoms with van der Waals surface area (Å²) in [4.78, 5) is 17.4. The second-order valence-corrected chi connectivity index (χ2v) is 9.67. The van der Waals surface area contributed by atoms with E-state index in [4.69, 9.17) is 14.0 Å². The van der Waals surface area contributed by atoms with Crippen LogP contribution in [-0.4, -0.2) is 69.5 Å². The first kappa shape index (κ1) is 25.7. The minimum atomic E-state index is -0.259. The average molecular weight is 493 g/mol. The molecular formula is C28H36N4O4. The molecular weight excluding hydrogens is 456 g/mol. The Morgan fingerprint density at radius 3 is 2.42 bits per heavy atom. The fourth-order valence-electron chi connectivity index (χ4n) is 4.12. The number of ether oxygens (including phenoxy) is 2. The number of anilines is 1. The summed E-state index contributed by atoms with van der Waals surface area (Å²) in [5.41, 5.74) is 3.39. The van der Waals surface area contributed by atoms with Crippen LogP contribution >= 0.6 is 0 Å². The number of rotatable bonds is 10. The molecule has 0 radical (unpaired) electrons. The minimum Gasteiger partial charge on any atom is -0.493 e. The van der Waals surface area contributed by atoms with Crippen molar-refractivity contribution in [3.63, 3.8) is 0 Å². The van der Waals surface area contributed by atoms with Gasteiger partial charge in [0.25, 0.3) is 5.91 Å². The first-order chi connectivity index (χ1) is 17.4. The van der Waals surface area contributed by atoms with Crippen LogP contribution in [0.5, 0.6) is 5.75 Å². The van der Waals surface area contributed by atoms with E-state index >= 15 is 0 Å². The third kappa shape index (κ3) is 6.65. The van der Waals surface area contributed by atoms with Gasteiger partial charge in [-0.05, 0) is 47.9 Å². The number of benzene rings is 2. The number of hydrogen-bond acceptors (Lipinski definition) is 7. The molecule has 1 atom stereocenters. The first-order valence-electron chi connectivity index (χ1n) is 12.5. The zero-order valence-corrected chi connectivity index (χ0v) is 21.6. The molecule has 8 heteroatoms. The zero-order valence-electron chi connectivity index (χ0n) is 21.6. The SMILES string of the molecule is CC(C)COc1ccc(-c2cc(C(=O)NC[C@@H](c3ccc(N(C)C)cc3)N3CCOCC3)no2)cc1. The molecule has 2 aromatic carbocycles. The topological polar surface area (TPSA) is 80.1 Å². The van der Waals surface area contributed by atoms with Gasteiger partial charge in [0.1, 0.15) is 5.75 Å². The third-order valence-corrected chi connectivity index (χ3v) is 6.20. The summed E-state index contributed by atoms with van der Waals surface area (Å²) in [7, 11) is 4.05. The van der Waals surface area contributed by atoms with Crippen molar-refractivity contribution in [2.45, 2.75) is 19.9 Å². The number of carbonyl (C=O) groups is 1. The van der Waals surface area contributed by atoms with E-state index in [0.717, 1.165) is 35.7 Å². The van der Waals surface area contributed by atoms with Crippen LogP contribution in [0, 0.1) is 5.92 Å². The van der Waals surface area contributed by atoms with Gasteiger partial charge < -0.3 is 24.2 Å². The standard InChI is InChI=1S/C28H36N4O4/c1-20(2)19-35-24-11-7-22(8-12-24)27-17-25(30-36-27)28(33)29-18-26(32-13-15-34-16-14-32)21-5-9-23(10-6-21)31(3)4/h5-12,17,20,26H,13-16,18-19H2,1-4H3,(H,29,33)/t26-/m0/s1. The summed E-state index contributed by atoms with van der Waals surface area (Å²) in [6.45, 7) is 8.37. The monoisotopic (exact) mass is 492 g/mol. The average Bonchev–Trinajstić information content (AvgIpc) is 3.39. The van der Waals surface area contributed by atoms with E-state index in [1.54, 1.807) is 6.07 Å². The molecule has 3 aromatic rings. The Balaban J connectivity index is 1.41. The Kier molecular flexibility index (Phi) is 8.61. The summed E-state index contributed by atoms with van der Waals surface area (Å²) in [6.07, 6.45) is 0. The predicted octanol–water partition coefficient (Wildman–Crippen LogP) is 4.25. The van der Waals surface area contributed by atoms with Crippen molar-refractivity contribution in [2.75, 3.05) is 58.5 Å². The lowest BCUT2D eigenvalue weighted by Crippen LogP contribution is -2.43. The summed E-state index contributed by atoms with van der Waals surface area (Å²) in [5, 5.41) is 7.07. The molecule has 0 spiro atoms. The highest BCUT2D eigenvalue weighted by Gasteiger charge is 2.24. The minimum absolute atomic E-state index is 0.0406. The lowest BCUT2D eigenvalue weighted by Gasteiger charge is -2.35. The number of aromatic nitrogens is 1. The summed E-state index contributed by atoms with van der Waals surface area (Å²) < 4.78 is 16.7. The maximum Gasteiger partial charge on any atom is 0.273 e. The van der Waals surface area contributed by atoms with Crippen molar-refractivity contribution in [1.29, 1.82) is 0 Å². The van der Waals surface area contributed by atoms with Crippen LogP contribution in [0.2, 0.25) is 0 Å². The van der Waals surface area contributed by atoms with E-state index in [0.29, 0.717) is 38.0 Å². The fourth-order valence-corrected chi connectivity index (χ4v) is 4.12. The molecule has 0 saturated carbocycles. The lowest BCUT2D eigenvalue weighted by atomic mass is 10.0. The van der Waals surface area contributed by atoms with Crippen molar-refractivity contribution in [1.82, 2.24) is 15.4 Å². The second-order valence-electron chi connectivity index (χ2n) is 9.67. The van der Waals surface area contributed by atoms with Gasteiger partial charge >= 0.3 is 0 Å². The van der Waals surface area contributed by atoms with Crippen molar-refractivity contribution in [3.8, 4) is 17.1 Å². The van der Waals surface area contributed by atoms with E-state index in [-0.39, 0.29) is 17.6 Å². The van der Waals surface area contributed by atoms with Crippen molar-refractivity contribution in [2.24, 2.45) is 5.92 Å². The zero-order chi connectivity index (χ0) is 25.5. The van der Waals surface area contributed by atoms with E-state index in [1.807, 2.05) is 38.4 Å². The van der Waals surface area contributed by atoms with Crippen LogP contribution < -0.4 is 15.0 Å². The quantitative estimate of drug-likeness (QED) is 0.453. The van der Waals surface area contributed by atoms with Crippen molar-refractivity contribution >= 4 is 11.6 Å². The Labute approximate surface area is 213 Å². The Hall–Kier alpha value is -3.36. The molecule has 2 heterocycles. The number of morpholine rings is 1. The Morgan fingerprint density at radius 1 is 1.08 bits per heavy atom. The van der Waals surface area contributed by atoms with Gasteiger partial charge in [0, 0.05) is 51.0 Å². The molecule has 1 N–H and O–H groups in total. The van der Waals surface area contributed by atoms with Gasteiger partial charge in [-0.2, -0.15) is 0 Å². The van der Waals surface area contributed by atoms with E-state index in [1.165, 1.54) is 0 Å². The molecule has 192 valence electrons. The van der Waals surface area contributed by atoms with E-state index in [9.17, 15) is 4.79 Å². The van der Waals surface area contributed by atoms with Gasteiger partial charge in [-0.25, -0.2) is 0 Å². The van der Waals surface area contributed by atoms with E-state index in [2.05, 4.69) is 58.4 Å². The van der Waals surface area contributed by atoms with Crippen molar-refractivity contribution < 1.29 is 18.8 Å². The Bertz CT molecular complexity index is 1100. The molecule has 36 heavy (non-hydrogen) atoms. The number of hydrogen-bond donors (Lipinski definition) is 1. The van der Waals surface area contributed by atoms with Gasteiger partial charge in [0.05, 0.1) is 25.9 Å². The maximum atomic E-state index is 13.0. The molecule has 0 bridgehead atoms. The van der Waals surface area contributed by atoms with E-state index < -0.39 is 0 Å². The van der Waals surface area contributed by atoms with Crippen LogP contribution in [0.15, 0.2) is 59.1 Å². The molecule has 1 aromatic heterocycles. The highest BCUT2D eigenvalue weighted by atomic mass is 16.5. The van der Waals surface area contributed by atoms with Gasteiger partial charge in [-0.1, -0.05) is 31.1 Å². The normalized spacial score (nSPS) is 15.0. The van der Waals surface area contributed by atoms with Crippen LogP contribution in [0.1, 0.15) is 35.9 Å². The highest BCUT2D eigenvalue weighted by molar-refractivity contribution is 5.93. The van der Waals surface area contributed by atoms with Crippen LogP contribution in [0.25, 0.3) is 11.3 Å². The molecule has 1 aliphatic heterocycles. The summed E-state index contributed by atoms with van der Waals surface area (Å²) >= 11 is 0. The molecule has 1 fully saturated rings. The lowest BCUT2D eigenvalue weighted by molar-refractivity contribution is 0.0162. The van der Waals surface area contributed by atoms with Crippen LogP contribution in [0.4, 0.5) is 5.69 Å². The molecule has 0 unspecified atom stereocenters. The largest absolute Gasteiger partial charge is 0.493 e. The molecule has 8 nitrogen and oxygen atoms in total. The number of nitrogens with one attached hydrogen (secondary N) is 1. The smallest absolute Gasteiger partial charge is 0.273 e. The molecule has 1 saturated heterocycles. The van der Waals surface area contributed by atoms with Crippen LogP contribution in [0.3, 0.4) is 0 Å². The molecule has 1 aliphatic rings. The number of nitrogens with zero attached hydrogens (tertiary/aromatic N) is 3. The second kappa shape index (κ2) is 12.1. The maximum absolute atomic E-state index is 13.0. The first-order valence-corrected chi connectivity index (χ1v) is 12.5. The van der Waals surface area contributed by atoms with Gasteiger partial charge in [0.15, 0.2) is 11.5 Å². The number of amides is 1. The summed E-state index contributed by atoms with van der Waals surface area (Å²) in [6, 6.07) is 17.8. The van der Waals surface area contributed by atoms with Gasteiger partial charge in [0.2, 0.25) is 0 Å². The number of carbonyl (C=O) groups excluding carboxylic acids is 1. The van der Waals surface area contributed by atoms with Crippen LogP contribution in [-0.2, 0) is 4.74 Å². The fraction of sp³-hybridized carbons (Fsp3) is 0.429. The predicted molar refractivity (Wildman–Crippen MR) is 141 cm³/mol. The molecule has 0 aliphatic carbocycles. The Morgan fingerprint density at radius 2 is 1.78 bits per heavy atom. The van der Waals surface area contributed by atoms with Gasteiger partial charge in [-0.15, -0.1) is 0 Å².